The molecule has 0 atom stereocenters. The fourth-order valence-corrected chi connectivity index (χ4v) is 2.56. The van der Waals surface area contributed by atoms with Gasteiger partial charge in [-0.1, -0.05) is 18.0 Å². The van der Waals surface area contributed by atoms with Crippen LogP contribution >= 0.6 is 0 Å². The van der Waals surface area contributed by atoms with Gasteiger partial charge in [-0.25, -0.2) is 0 Å². The Morgan fingerprint density at radius 2 is 2.05 bits per heavy atom. The first kappa shape index (κ1) is 15.8. The zero-order valence-electron chi connectivity index (χ0n) is 11.7. The predicted molar refractivity (Wildman–Crippen MR) is 65.5 cm³/mol. The summed E-state index contributed by atoms with van der Waals surface area (Å²) in [4.78, 5) is 16.2. The van der Waals surface area contributed by atoms with Crippen molar-refractivity contribution in [2.24, 2.45) is 0 Å². The summed E-state index contributed by atoms with van der Waals surface area (Å²) >= 11 is 0. The number of hydrogen-bond acceptors (Lipinski definition) is 5. The molecular formula is C13H17F3N2O3. The second-order valence-corrected chi connectivity index (χ2v) is 5.14. The summed E-state index contributed by atoms with van der Waals surface area (Å²) in [5.74, 6) is -0.387. The van der Waals surface area contributed by atoms with Gasteiger partial charge in [0.1, 0.15) is 5.41 Å². The molecule has 0 unspecified atom stereocenters. The molecule has 118 valence electrons. The van der Waals surface area contributed by atoms with E-state index in [1.807, 2.05) is 0 Å². The zero-order valence-corrected chi connectivity index (χ0v) is 11.7. The van der Waals surface area contributed by atoms with Gasteiger partial charge in [-0.3, -0.25) is 4.79 Å². The molecule has 1 heterocycles. The number of halogens is 3. The topological polar surface area (TPSA) is 65.2 Å². The van der Waals surface area contributed by atoms with E-state index in [4.69, 9.17) is 9.26 Å². The van der Waals surface area contributed by atoms with E-state index in [0.29, 0.717) is 12.8 Å². The van der Waals surface area contributed by atoms with Crippen LogP contribution in [-0.2, 0) is 21.4 Å². The zero-order chi connectivity index (χ0) is 15.5. The maximum atomic E-state index is 12.2. The van der Waals surface area contributed by atoms with Gasteiger partial charge in [0.25, 0.3) is 0 Å². The SMILES string of the molecule is CCOC(=O)C1(c2nc(CCC(F)(F)F)no2)CCCC1. The minimum atomic E-state index is -4.27. The molecule has 8 heteroatoms. The average Bonchev–Trinajstić information content (AvgIpc) is 3.06. The Morgan fingerprint density at radius 1 is 1.38 bits per heavy atom. The molecule has 0 N–H and O–H groups in total. The predicted octanol–water partition coefficient (Wildman–Crippen LogP) is 2.94. The summed E-state index contributed by atoms with van der Waals surface area (Å²) in [6.45, 7) is 1.93. The van der Waals surface area contributed by atoms with Crippen molar-refractivity contribution in [1.29, 1.82) is 0 Å². The number of nitrogens with zero attached hydrogens (tertiary/aromatic N) is 2. The summed E-state index contributed by atoms with van der Waals surface area (Å²) in [5.41, 5.74) is -0.987. The summed E-state index contributed by atoms with van der Waals surface area (Å²) in [7, 11) is 0. The van der Waals surface area contributed by atoms with Crippen molar-refractivity contribution in [3.8, 4) is 0 Å². The number of aromatic nitrogens is 2. The van der Waals surface area contributed by atoms with Gasteiger partial charge in [0.2, 0.25) is 5.89 Å². The fourth-order valence-electron chi connectivity index (χ4n) is 2.56. The molecule has 0 aliphatic heterocycles. The lowest BCUT2D eigenvalue weighted by Crippen LogP contribution is -2.35. The third-order valence-corrected chi connectivity index (χ3v) is 3.63. The van der Waals surface area contributed by atoms with Gasteiger partial charge < -0.3 is 9.26 Å². The molecule has 1 aliphatic carbocycles. The van der Waals surface area contributed by atoms with E-state index < -0.39 is 24.0 Å². The van der Waals surface area contributed by atoms with Crippen LogP contribution in [0.15, 0.2) is 4.52 Å². The van der Waals surface area contributed by atoms with Gasteiger partial charge in [0.05, 0.1) is 13.0 Å². The molecule has 2 rings (SSSR count). The van der Waals surface area contributed by atoms with Crippen LogP contribution in [0.25, 0.3) is 0 Å². The number of carbonyl (C=O) groups excluding carboxylic acids is 1. The van der Waals surface area contributed by atoms with Gasteiger partial charge in [-0.05, 0) is 19.8 Å². The highest BCUT2D eigenvalue weighted by atomic mass is 19.4. The normalized spacial score (nSPS) is 17.9. The van der Waals surface area contributed by atoms with Crippen LogP contribution in [-0.4, -0.2) is 28.9 Å². The first-order chi connectivity index (χ1) is 9.87. The summed E-state index contributed by atoms with van der Waals surface area (Å²) < 4.78 is 46.7. The first-order valence-corrected chi connectivity index (χ1v) is 6.94. The molecular weight excluding hydrogens is 289 g/mol. The van der Waals surface area contributed by atoms with Crippen molar-refractivity contribution >= 4 is 5.97 Å². The number of hydrogen-bond donors (Lipinski definition) is 0. The van der Waals surface area contributed by atoms with Crippen LogP contribution in [0.2, 0.25) is 0 Å². The lowest BCUT2D eigenvalue weighted by atomic mass is 9.86. The monoisotopic (exact) mass is 306 g/mol. The van der Waals surface area contributed by atoms with E-state index in [9.17, 15) is 18.0 Å². The Kier molecular flexibility index (Phi) is 4.53. The molecule has 1 saturated carbocycles. The highest BCUT2D eigenvalue weighted by Gasteiger charge is 2.49. The van der Waals surface area contributed by atoms with E-state index in [2.05, 4.69) is 10.1 Å². The van der Waals surface area contributed by atoms with Crippen LogP contribution in [0, 0.1) is 0 Å². The second-order valence-electron chi connectivity index (χ2n) is 5.14. The Bertz CT molecular complexity index is 493. The van der Waals surface area contributed by atoms with Crippen LogP contribution in [0.4, 0.5) is 13.2 Å². The van der Waals surface area contributed by atoms with E-state index >= 15 is 0 Å². The Hall–Kier alpha value is -1.60. The van der Waals surface area contributed by atoms with Crippen molar-refractivity contribution in [1.82, 2.24) is 10.1 Å². The second kappa shape index (κ2) is 6.03. The van der Waals surface area contributed by atoms with Gasteiger partial charge in [0, 0.05) is 6.42 Å². The minimum Gasteiger partial charge on any atom is -0.465 e. The molecule has 0 saturated heterocycles. The van der Waals surface area contributed by atoms with Crippen LogP contribution in [0.3, 0.4) is 0 Å². The number of esters is 1. The minimum absolute atomic E-state index is 0.0297. The number of aryl methyl sites for hydroxylation is 1. The number of ether oxygens (including phenoxy) is 1. The molecule has 1 aromatic heterocycles. The van der Waals surface area contributed by atoms with Gasteiger partial charge in [-0.2, -0.15) is 18.2 Å². The highest BCUT2D eigenvalue weighted by molar-refractivity contribution is 5.82. The molecule has 0 bridgehead atoms. The summed E-state index contributed by atoms with van der Waals surface area (Å²) in [6.07, 6.45) is -2.96. The van der Waals surface area contributed by atoms with Crippen molar-refractivity contribution < 1.29 is 27.2 Å². The quantitative estimate of drug-likeness (QED) is 0.783. The van der Waals surface area contributed by atoms with Crippen LogP contribution < -0.4 is 0 Å². The van der Waals surface area contributed by atoms with E-state index in [1.54, 1.807) is 6.92 Å². The molecule has 0 radical (unpaired) electrons. The third-order valence-electron chi connectivity index (χ3n) is 3.63. The first-order valence-electron chi connectivity index (χ1n) is 6.94. The van der Waals surface area contributed by atoms with E-state index in [-0.39, 0.29) is 24.7 Å². The molecule has 1 fully saturated rings. The van der Waals surface area contributed by atoms with Crippen molar-refractivity contribution in [3.05, 3.63) is 11.7 Å². The largest absolute Gasteiger partial charge is 0.465 e. The van der Waals surface area contributed by atoms with Gasteiger partial charge >= 0.3 is 12.1 Å². The molecule has 21 heavy (non-hydrogen) atoms. The number of alkyl halides is 3. The number of rotatable bonds is 5. The lowest BCUT2D eigenvalue weighted by molar-refractivity contribution is -0.151. The molecule has 1 aromatic rings. The Labute approximate surface area is 119 Å². The van der Waals surface area contributed by atoms with Gasteiger partial charge in [-0.15, -0.1) is 0 Å². The van der Waals surface area contributed by atoms with Crippen molar-refractivity contribution in [2.45, 2.75) is 57.0 Å². The molecule has 1 aliphatic rings. The fraction of sp³-hybridized carbons (Fsp3) is 0.769. The smallest absolute Gasteiger partial charge is 0.389 e. The summed E-state index contributed by atoms with van der Waals surface area (Å²) in [6, 6.07) is 0. The average molecular weight is 306 g/mol. The highest BCUT2D eigenvalue weighted by Crippen LogP contribution is 2.41. The third kappa shape index (κ3) is 3.54. The molecule has 0 amide bonds. The maximum absolute atomic E-state index is 12.2. The Balaban J connectivity index is 2.15. The van der Waals surface area contributed by atoms with E-state index in [1.165, 1.54) is 0 Å². The maximum Gasteiger partial charge on any atom is 0.389 e. The summed E-state index contributed by atoms with van der Waals surface area (Å²) in [5, 5.41) is 3.56. The molecule has 5 nitrogen and oxygen atoms in total. The number of carbonyl (C=O) groups is 1. The van der Waals surface area contributed by atoms with Gasteiger partial charge in [0.15, 0.2) is 5.82 Å². The molecule has 0 aromatic carbocycles. The van der Waals surface area contributed by atoms with E-state index in [0.717, 1.165) is 12.8 Å². The van der Waals surface area contributed by atoms with Crippen LogP contribution in [0.1, 0.15) is 50.7 Å². The van der Waals surface area contributed by atoms with Crippen molar-refractivity contribution in [3.63, 3.8) is 0 Å². The lowest BCUT2D eigenvalue weighted by Gasteiger charge is -2.21. The van der Waals surface area contributed by atoms with Crippen molar-refractivity contribution in [2.75, 3.05) is 6.61 Å². The standard InChI is InChI=1S/C13H17F3N2O3/c1-2-20-11(19)12(6-3-4-7-12)10-17-9(18-21-10)5-8-13(14,15)16/h2-8H2,1H3. The molecule has 0 spiro atoms. The van der Waals surface area contributed by atoms with Crippen LogP contribution in [0.5, 0.6) is 0 Å². The Morgan fingerprint density at radius 3 is 2.62 bits per heavy atom.